The number of methoxy groups -OCH3 is 1. The van der Waals surface area contributed by atoms with Gasteiger partial charge in [-0.1, -0.05) is 23.5 Å². The minimum atomic E-state index is -0.129. The van der Waals surface area contributed by atoms with E-state index in [0.717, 1.165) is 70.9 Å². The fourth-order valence-corrected chi connectivity index (χ4v) is 5.72. The van der Waals surface area contributed by atoms with E-state index in [1.165, 1.54) is 11.3 Å². The maximum Gasteiger partial charge on any atom is 0.265 e. The number of benzene rings is 1. The molecule has 1 amide bonds. The van der Waals surface area contributed by atoms with Crippen LogP contribution in [0.15, 0.2) is 48.7 Å². The van der Waals surface area contributed by atoms with Crippen LogP contribution in [-0.4, -0.2) is 67.3 Å². The average molecular weight is 496 g/mol. The Morgan fingerprint density at radius 3 is 2.62 bits per heavy atom. The largest absolute Gasteiger partial charge is 0.481 e. The van der Waals surface area contributed by atoms with Gasteiger partial charge in [-0.2, -0.15) is 0 Å². The van der Waals surface area contributed by atoms with Crippen molar-refractivity contribution in [3.8, 4) is 17.0 Å². The number of thiophene rings is 1. The molecular formula is C24H25N5O3S2. The van der Waals surface area contributed by atoms with Gasteiger partial charge in [0.25, 0.3) is 5.91 Å². The highest BCUT2D eigenvalue weighted by Crippen LogP contribution is 2.33. The lowest BCUT2D eigenvalue weighted by atomic mass is 10.1. The van der Waals surface area contributed by atoms with Crippen molar-refractivity contribution in [1.29, 1.82) is 0 Å². The van der Waals surface area contributed by atoms with Crippen LogP contribution in [0.5, 0.6) is 5.88 Å². The highest BCUT2D eigenvalue weighted by Gasteiger charge is 2.15. The van der Waals surface area contributed by atoms with Crippen molar-refractivity contribution < 1.29 is 14.3 Å². The summed E-state index contributed by atoms with van der Waals surface area (Å²) in [5, 5.41) is 7.27. The second kappa shape index (κ2) is 10.5. The maximum absolute atomic E-state index is 12.8. The number of carbonyl (C=O) groups excluding carboxylic acids is 1. The van der Waals surface area contributed by atoms with Crippen molar-refractivity contribution in [1.82, 2.24) is 14.9 Å². The predicted octanol–water partition coefficient (Wildman–Crippen LogP) is 4.42. The molecule has 1 aliphatic heterocycles. The first kappa shape index (κ1) is 22.7. The van der Waals surface area contributed by atoms with Crippen LogP contribution >= 0.6 is 22.7 Å². The van der Waals surface area contributed by atoms with Gasteiger partial charge in [-0.25, -0.2) is 9.97 Å². The van der Waals surface area contributed by atoms with Crippen molar-refractivity contribution >= 4 is 48.9 Å². The van der Waals surface area contributed by atoms with E-state index in [0.29, 0.717) is 10.8 Å². The lowest BCUT2D eigenvalue weighted by molar-refractivity contribution is 0.0398. The second-order valence-corrected chi connectivity index (χ2v) is 9.86. The molecule has 0 unspecified atom stereocenters. The molecule has 34 heavy (non-hydrogen) atoms. The highest BCUT2D eigenvalue weighted by atomic mass is 32.1. The zero-order chi connectivity index (χ0) is 23.3. The van der Waals surface area contributed by atoms with Crippen molar-refractivity contribution in [3.05, 3.63) is 53.5 Å². The van der Waals surface area contributed by atoms with Crippen LogP contribution in [0.25, 0.3) is 20.7 Å². The zero-order valence-corrected chi connectivity index (χ0v) is 20.4. The monoisotopic (exact) mass is 495 g/mol. The molecule has 1 aliphatic rings. The normalized spacial score (nSPS) is 14.3. The Hall–Kier alpha value is -3.05. The van der Waals surface area contributed by atoms with Gasteiger partial charge in [0.05, 0.1) is 29.9 Å². The molecule has 1 fully saturated rings. The Morgan fingerprint density at radius 2 is 1.91 bits per heavy atom. The minimum Gasteiger partial charge on any atom is -0.481 e. The minimum absolute atomic E-state index is 0.129. The molecule has 8 nitrogen and oxygen atoms in total. The molecule has 0 atom stereocenters. The second-order valence-electron chi connectivity index (χ2n) is 7.80. The third-order valence-electron chi connectivity index (χ3n) is 5.54. The first-order chi connectivity index (χ1) is 16.7. The Morgan fingerprint density at radius 1 is 1.12 bits per heavy atom. The zero-order valence-electron chi connectivity index (χ0n) is 18.7. The molecule has 5 rings (SSSR count). The predicted molar refractivity (Wildman–Crippen MR) is 137 cm³/mol. The molecule has 0 saturated carbocycles. The number of rotatable bonds is 8. The summed E-state index contributed by atoms with van der Waals surface area (Å²) in [6.07, 6.45) is 1.77. The number of fused-ring (bicyclic) bond motifs is 1. The Kier molecular flexibility index (Phi) is 7.00. The Balaban J connectivity index is 1.16. The third-order valence-corrected chi connectivity index (χ3v) is 7.66. The number of nitrogens with one attached hydrogen (secondary N) is 2. The molecule has 4 aromatic rings. The van der Waals surface area contributed by atoms with Gasteiger partial charge in [-0.3, -0.25) is 9.69 Å². The molecule has 1 saturated heterocycles. The number of hydrogen-bond acceptors (Lipinski definition) is 9. The van der Waals surface area contributed by atoms with Crippen LogP contribution < -0.4 is 15.4 Å². The van der Waals surface area contributed by atoms with Gasteiger partial charge in [-0.15, -0.1) is 11.3 Å². The Labute approximate surface area is 205 Å². The molecular weight excluding hydrogens is 470 g/mol. The SMILES string of the molecule is COc1ccc(-c2ccc(NC(=O)c3cc4sc(NCCN5CCOCC5)nc4s3)cc2)cn1. The average Bonchev–Trinajstić information content (AvgIpc) is 3.44. The van der Waals surface area contributed by atoms with Crippen LogP contribution in [0.4, 0.5) is 10.8 Å². The first-order valence-corrected chi connectivity index (χ1v) is 12.7. The first-order valence-electron chi connectivity index (χ1n) is 11.0. The molecule has 0 bridgehead atoms. The van der Waals surface area contributed by atoms with Gasteiger partial charge in [0.1, 0.15) is 4.83 Å². The van der Waals surface area contributed by atoms with Gasteiger partial charge < -0.3 is 20.1 Å². The number of ether oxygens (including phenoxy) is 2. The number of aromatic nitrogens is 2. The standard InChI is InChI=1S/C24H25N5O3S2/c1-31-21-7-4-17(15-26-21)16-2-5-18(6-3-16)27-22(30)19-14-20-23(33-19)28-24(34-20)25-8-9-29-10-12-32-13-11-29/h2-7,14-15H,8-13H2,1H3,(H,25,28)(H,27,30). The summed E-state index contributed by atoms with van der Waals surface area (Å²) >= 11 is 2.99. The number of anilines is 2. The quantitative estimate of drug-likeness (QED) is 0.374. The number of morpholine rings is 1. The number of carbonyl (C=O) groups is 1. The van der Waals surface area contributed by atoms with Gasteiger partial charge in [0.15, 0.2) is 5.13 Å². The van der Waals surface area contributed by atoms with Gasteiger partial charge in [0, 0.05) is 49.7 Å². The van der Waals surface area contributed by atoms with E-state index in [-0.39, 0.29) is 5.91 Å². The van der Waals surface area contributed by atoms with Crippen LogP contribution in [0.1, 0.15) is 9.67 Å². The number of hydrogen-bond donors (Lipinski definition) is 2. The summed E-state index contributed by atoms with van der Waals surface area (Å²) in [5.41, 5.74) is 2.74. The molecule has 1 aromatic carbocycles. The summed E-state index contributed by atoms with van der Waals surface area (Å²) in [4.78, 5) is 25.6. The molecule has 0 aliphatic carbocycles. The van der Waals surface area contributed by atoms with Crippen molar-refractivity contribution in [2.24, 2.45) is 0 Å². The highest BCUT2D eigenvalue weighted by molar-refractivity contribution is 7.29. The lowest BCUT2D eigenvalue weighted by Gasteiger charge is -2.26. The van der Waals surface area contributed by atoms with E-state index < -0.39 is 0 Å². The van der Waals surface area contributed by atoms with E-state index in [4.69, 9.17) is 9.47 Å². The molecule has 3 aromatic heterocycles. The van der Waals surface area contributed by atoms with Crippen LogP contribution in [0.3, 0.4) is 0 Å². The molecule has 0 radical (unpaired) electrons. The molecule has 10 heteroatoms. The molecule has 4 heterocycles. The molecule has 0 spiro atoms. The third kappa shape index (κ3) is 5.36. The smallest absolute Gasteiger partial charge is 0.265 e. The fourth-order valence-electron chi connectivity index (χ4n) is 3.68. The molecule has 176 valence electrons. The van der Waals surface area contributed by atoms with E-state index in [1.807, 2.05) is 42.5 Å². The van der Waals surface area contributed by atoms with Crippen molar-refractivity contribution in [2.45, 2.75) is 0 Å². The Bertz CT molecular complexity index is 1220. The number of thiazole rings is 1. The number of pyridine rings is 1. The van der Waals surface area contributed by atoms with E-state index in [1.54, 1.807) is 24.6 Å². The summed E-state index contributed by atoms with van der Waals surface area (Å²) in [6, 6.07) is 13.4. The van der Waals surface area contributed by atoms with E-state index >= 15 is 0 Å². The van der Waals surface area contributed by atoms with Gasteiger partial charge in [-0.05, 0) is 29.8 Å². The van der Waals surface area contributed by atoms with Crippen LogP contribution in [0.2, 0.25) is 0 Å². The lowest BCUT2D eigenvalue weighted by Crippen LogP contribution is -2.38. The van der Waals surface area contributed by atoms with Crippen LogP contribution in [0, 0.1) is 0 Å². The fraction of sp³-hybridized carbons (Fsp3) is 0.292. The van der Waals surface area contributed by atoms with Crippen LogP contribution in [-0.2, 0) is 4.74 Å². The van der Waals surface area contributed by atoms with Crippen molar-refractivity contribution in [3.63, 3.8) is 0 Å². The topological polar surface area (TPSA) is 88.6 Å². The number of amides is 1. The summed E-state index contributed by atoms with van der Waals surface area (Å²) in [5.74, 6) is 0.449. The van der Waals surface area contributed by atoms with E-state index in [9.17, 15) is 4.79 Å². The molecule has 2 N–H and O–H groups in total. The van der Waals surface area contributed by atoms with Crippen molar-refractivity contribution in [2.75, 3.05) is 57.1 Å². The van der Waals surface area contributed by atoms with E-state index in [2.05, 4.69) is 25.5 Å². The summed E-state index contributed by atoms with van der Waals surface area (Å²) in [7, 11) is 1.59. The summed E-state index contributed by atoms with van der Waals surface area (Å²) in [6.45, 7) is 5.39. The van der Waals surface area contributed by atoms with Gasteiger partial charge >= 0.3 is 0 Å². The number of nitrogens with zero attached hydrogens (tertiary/aromatic N) is 3. The summed E-state index contributed by atoms with van der Waals surface area (Å²) < 4.78 is 11.5. The maximum atomic E-state index is 12.8. The van der Waals surface area contributed by atoms with Gasteiger partial charge in [0.2, 0.25) is 5.88 Å².